The number of aromatic nitrogens is 6. The van der Waals surface area contributed by atoms with Crippen molar-refractivity contribution in [1.29, 1.82) is 0 Å². The van der Waals surface area contributed by atoms with Crippen LogP contribution in [0.2, 0.25) is 0 Å². The minimum atomic E-state index is -3.19. The van der Waals surface area contributed by atoms with E-state index in [0.717, 1.165) is 59.7 Å². The van der Waals surface area contributed by atoms with Gasteiger partial charge in [-0.15, -0.1) is 0 Å². The van der Waals surface area contributed by atoms with Gasteiger partial charge in [0.1, 0.15) is 12.0 Å². The molecule has 182 valence electrons. The van der Waals surface area contributed by atoms with E-state index >= 15 is 0 Å². The van der Waals surface area contributed by atoms with E-state index < -0.39 is 10.0 Å². The second-order valence-corrected chi connectivity index (χ2v) is 10.6. The molecule has 3 N–H and O–H groups in total. The molecule has 12 heteroatoms. The van der Waals surface area contributed by atoms with Gasteiger partial charge in [-0.05, 0) is 50.3 Å². The molecule has 35 heavy (non-hydrogen) atoms. The second kappa shape index (κ2) is 9.55. The normalized spacial score (nSPS) is 18.5. The lowest BCUT2D eigenvalue weighted by atomic mass is 9.92. The number of fused-ring (bicyclic) bond motifs is 1. The van der Waals surface area contributed by atoms with Crippen LogP contribution < -0.4 is 15.4 Å². The van der Waals surface area contributed by atoms with Gasteiger partial charge in [-0.25, -0.2) is 38.1 Å². The Hall–Kier alpha value is -3.64. The predicted octanol–water partition coefficient (Wildman–Crippen LogP) is 2.91. The fourth-order valence-corrected chi connectivity index (χ4v) is 5.21. The minimum absolute atomic E-state index is 0.0130. The molecule has 0 radical (unpaired) electrons. The van der Waals surface area contributed by atoms with E-state index in [-0.39, 0.29) is 12.1 Å². The Kier molecular flexibility index (Phi) is 6.31. The van der Waals surface area contributed by atoms with Gasteiger partial charge in [0.05, 0.1) is 47.6 Å². The van der Waals surface area contributed by atoms with E-state index in [9.17, 15) is 8.42 Å². The summed E-state index contributed by atoms with van der Waals surface area (Å²) in [4.78, 5) is 21.9. The van der Waals surface area contributed by atoms with Crippen molar-refractivity contribution in [3.63, 3.8) is 0 Å². The van der Waals surface area contributed by atoms with E-state index in [1.54, 1.807) is 12.4 Å². The molecule has 0 bridgehead atoms. The zero-order valence-corrected chi connectivity index (χ0v) is 20.3. The highest BCUT2D eigenvalue weighted by atomic mass is 32.2. The number of imidazole rings is 1. The highest BCUT2D eigenvalue weighted by Crippen LogP contribution is 2.27. The van der Waals surface area contributed by atoms with Gasteiger partial charge < -0.3 is 10.6 Å². The Labute approximate surface area is 203 Å². The Morgan fingerprint density at radius 3 is 2.43 bits per heavy atom. The maximum absolute atomic E-state index is 11.5. The first kappa shape index (κ1) is 23.1. The highest BCUT2D eigenvalue weighted by molar-refractivity contribution is 7.88. The topological polar surface area (TPSA) is 139 Å². The molecule has 0 amide bonds. The molecule has 5 rings (SSSR count). The van der Waals surface area contributed by atoms with Gasteiger partial charge in [-0.1, -0.05) is 0 Å². The molecule has 0 aromatic carbocycles. The molecule has 0 saturated heterocycles. The molecule has 11 nitrogen and oxygen atoms in total. The van der Waals surface area contributed by atoms with E-state index in [0.29, 0.717) is 5.95 Å². The van der Waals surface area contributed by atoms with Crippen LogP contribution in [0.4, 0.5) is 17.3 Å². The van der Waals surface area contributed by atoms with Crippen molar-refractivity contribution >= 4 is 33.0 Å². The number of nitrogens with zero attached hydrogens (tertiary/aromatic N) is 6. The molecular weight excluding hydrogens is 466 g/mol. The largest absolute Gasteiger partial charge is 0.352 e. The fraction of sp³-hybridized carbons (Fsp3) is 0.348. The fourth-order valence-electron chi connectivity index (χ4n) is 4.37. The van der Waals surface area contributed by atoms with Crippen LogP contribution in [0.25, 0.3) is 17.0 Å². The smallest absolute Gasteiger partial charge is 0.223 e. The summed E-state index contributed by atoms with van der Waals surface area (Å²) >= 11 is 0. The van der Waals surface area contributed by atoms with Gasteiger partial charge >= 0.3 is 0 Å². The van der Waals surface area contributed by atoms with Gasteiger partial charge in [0.25, 0.3) is 0 Å². The van der Waals surface area contributed by atoms with Crippen molar-refractivity contribution in [2.45, 2.75) is 44.7 Å². The van der Waals surface area contributed by atoms with Crippen LogP contribution in [0, 0.1) is 6.92 Å². The summed E-state index contributed by atoms with van der Waals surface area (Å²) in [6.07, 6.45) is 14.9. The first-order chi connectivity index (χ1) is 16.8. The number of nitrogens with one attached hydrogen (secondary N) is 3. The average molecular weight is 494 g/mol. The van der Waals surface area contributed by atoms with Crippen LogP contribution in [0.15, 0.2) is 49.4 Å². The van der Waals surface area contributed by atoms with Crippen LogP contribution in [0.5, 0.6) is 0 Å². The molecule has 1 saturated carbocycles. The van der Waals surface area contributed by atoms with Crippen molar-refractivity contribution in [3.05, 3.63) is 55.0 Å². The number of hydrogen-bond acceptors (Lipinski definition) is 9. The lowest BCUT2D eigenvalue weighted by Gasteiger charge is -2.29. The molecule has 0 aliphatic heterocycles. The van der Waals surface area contributed by atoms with Crippen LogP contribution in [-0.2, 0) is 10.0 Å². The van der Waals surface area contributed by atoms with Crippen LogP contribution in [0.1, 0.15) is 31.2 Å². The van der Waals surface area contributed by atoms with Crippen molar-refractivity contribution in [2.75, 3.05) is 16.9 Å². The Morgan fingerprint density at radius 2 is 1.69 bits per heavy atom. The third kappa shape index (κ3) is 5.54. The molecule has 1 aliphatic carbocycles. The Bertz CT molecular complexity index is 1430. The summed E-state index contributed by atoms with van der Waals surface area (Å²) in [6.45, 7) is 1.98. The van der Waals surface area contributed by atoms with Gasteiger partial charge in [-0.2, -0.15) is 0 Å². The summed E-state index contributed by atoms with van der Waals surface area (Å²) in [5, 5.41) is 6.73. The Morgan fingerprint density at radius 1 is 0.943 bits per heavy atom. The van der Waals surface area contributed by atoms with Crippen molar-refractivity contribution in [3.8, 4) is 11.4 Å². The summed E-state index contributed by atoms with van der Waals surface area (Å²) in [7, 11) is -3.19. The first-order valence-corrected chi connectivity index (χ1v) is 13.3. The third-order valence-corrected chi connectivity index (χ3v) is 6.77. The SMILES string of the molecule is Cc1cnc(NC2CCC(NS(C)(=O)=O)CC2)nc1-c1cnc2ccc(Nc3cncnc3)cn12. The van der Waals surface area contributed by atoms with E-state index in [1.807, 2.05) is 42.0 Å². The Balaban J connectivity index is 1.35. The molecule has 4 aromatic rings. The highest BCUT2D eigenvalue weighted by Gasteiger charge is 2.24. The zero-order chi connectivity index (χ0) is 24.4. The van der Waals surface area contributed by atoms with Gasteiger partial charge in [0.2, 0.25) is 16.0 Å². The summed E-state index contributed by atoms with van der Waals surface area (Å²) in [6, 6.07) is 4.07. The molecule has 1 fully saturated rings. The quantitative estimate of drug-likeness (QED) is 0.354. The van der Waals surface area contributed by atoms with Gasteiger partial charge in [0.15, 0.2) is 0 Å². The number of hydrogen-bond donors (Lipinski definition) is 3. The first-order valence-electron chi connectivity index (χ1n) is 11.4. The maximum Gasteiger partial charge on any atom is 0.223 e. The maximum atomic E-state index is 11.5. The molecule has 0 spiro atoms. The van der Waals surface area contributed by atoms with Crippen LogP contribution in [0.3, 0.4) is 0 Å². The number of aryl methyl sites for hydroxylation is 1. The monoisotopic (exact) mass is 493 g/mol. The summed E-state index contributed by atoms with van der Waals surface area (Å²) in [5.41, 5.74) is 5.06. The number of rotatable bonds is 7. The van der Waals surface area contributed by atoms with Crippen LogP contribution >= 0.6 is 0 Å². The van der Waals surface area contributed by atoms with Gasteiger partial charge in [-0.3, -0.25) is 4.40 Å². The molecule has 0 unspecified atom stereocenters. The van der Waals surface area contributed by atoms with Crippen molar-refractivity contribution in [1.82, 2.24) is 34.0 Å². The predicted molar refractivity (Wildman–Crippen MR) is 134 cm³/mol. The summed E-state index contributed by atoms with van der Waals surface area (Å²) < 4.78 is 27.7. The molecular formula is C23H27N9O2S. The average Bonchev–Trinajstić information content (AvgIpc) is 3.24. The number of sulfonamides is 1. The molecule has 1 aliphatic rings. The second-order valence-electron chi connectivity index (χ2n) is 8.85. The van der Waals surface area contributed by atoms with Crippen LogP contribution in [-0.4, -0.2) is 56.1 Å². The zero-order valence-electron chi connectivity index (χ0n) is 19.5. The lowest BCUT2D eigenvalue weighted by molar-refractivity contribution is 0.387. The number of anilines is 3. The standard InChI is InChI=1S/C23H27N9O2S/c1-15-9-27-23(29-16-3-5-17(6-4-16)31-35(2,33)34)30-22(15)20-12-26-21-8-7-18(13-32(20)21)28-19-10-24-14-25-11-19/h7-14,16-17,28,31H,3-6H2,1-2H3,(H,27,29,30). The van der Waals surface area contributed by atoms with Crippen molar-refractivity contribution < 1.29 is 8.42 Å². The molecule has 4 aromatic heterocycles. The summed E-state index contributed by atoms with van der Waals surface area (Å²) in [5.74, 6) is 0.552. The molecule has 4 heterocycles. The van der Waals surface area contributed by atoms with Gasteiger partial charge in [0, 0.05) is 24.5 Å². The lowest BCUT2D eigenvalue weighted by Crippen LogP contribution is -2.39. The number of pyridine rings is 1. The van der Waals surface area contributed by atoms with E-state index in [2.05, 4.69) is 35.3 Å². The van der Waals surface area contributed by atoms with Crippen molar-refractivity contribution in [2.24, 2.45) is 0 Å². The third-order valence-electron chi connectivity index (χ3n) is 6.01. The van der Waals surface area contributed by atoms with E-state index in [1.165, 1.54) is 12.6 Å². The minimum Gasteiger partial charge on any atom is -0.352 e. The van der Waals surface area contributed by atoms with E-state index in [4.69, 9.17) is 4.98 Å². The molecule has 0 atom stereocenters.